The van der Waals surface area contributed by atoms with E-state index >= 15 is 0 Å². The molecule has 1 heterocycles. The summed E-state index contributed by atoms with van der Waals surface area (Å²) in [7, 11) is 0. The summed E-state index contributed by atoms with van der Waals surface area (Å²) in [6.07, 6.45) is 2.26. The molecule has 0 fully saturated rings. The van der Waals surface area contributed by atoms with E-state index in [9.17, 15) is 5.11 Å². The molecule has 0 bridgehead atoms. The van der Waals surface area contributed by atoms with Crippen molar-refractivity contribution >= 4 is 0 Å². The smallest absolute Gasteiger partial charge is 0.113 e. The fraction of sp³-hybridized carbons (Fsp3) is 0.385. The fourth-order valence-electron chi connectivity index (χ4n) is 1.72. The Morgan fingerprint density at radius 1 is 1.33 bits per heavy atom. The second kappa shape index (κ2) is 5.75. The summed E-state index contributed by atoms with van der Waals surface area (Å²) in [5.74, 6) is 0. The van der Waals surface area contributed by atoms with Crippen LogP contribution in [-0.4, -0.2) is 32.7 Å². The molecule has 0 aliphatic rings. The minimum Gasteiger partial charge on any atom is -0.390 e. The van der Waals surface area contributed by atoms with E-state index in [-0.39, 0.29) is 6.54 Å². The minimum atomic E-state index is -0.581. The summed E-state index contributed by atoms with van der Waals surface area (Å²) in [4.78, 5) is 0. The van der Waals surface area contributed by atoms with Crippen molar-refractivity contribution in [3.05, 3.63) is 36.0 Å². The van der Waals surface area contributed by atoms with Gasteiger partial charge in [0.15, 0.2) is 0 Å². The zero-order valence-electron chi connectivity index (χ0n) is 10.5. The highest BCUT2D eigenvalue weighted by Crippen LogP contribution is 2.17. The molecule has 1 aromatic heterocycles. The van der Waals surface area contributed by atoms with Crippen LogP contribution < -0.4 is 5.73 Å². The summed E-state index contributed by atoms with van der Waals surface area (Å²) in [6, 6.07) is 8.24. The molecule has 1 aromatic carbocycles. The van der Waals surface area contributed by atoms with Gasteiger partial charge in [0, 0.05) is 12.1 Å². The molecule has 3 N–H and O–H groups in total. The average Bonchev–Trinajstić information content (AvgIpc) is 2.87. The maximum atomic E-state index is 9.45. The number of benzene rings is 1. The molecule has 0 aliphatic heterocycles. The van der Waals surface area contributed by atoms with Gasteiger partial charge in [-0.25, -0.2) is 4.68 Å². The van der Waals surface area contributed by atoms with Gasteiger partial charge in [0.05, 0.1) is 18.8 Å². The van der Waals surface area contributed by atoms with E-state index in [2.05, 4.69) is 29.4 Å². The summed E-state index contributed by atoms with van der Waals surface area (Å²) in [5, 5.41) is 17.5. The predicted molar refractivity (Wildman–Crippen MR) is 69.9 cm³/mol. The highest BCUT2D eigenvalue weighted by Gasteiger charge is 2.07. The first-order valence-corrected chi connectivity index (χ1v) is 6.10. The second-order valence-corrected chi connectivity index (χ2v) is 4.27. The topological polar surface area (TPSA) is 77.0 Å². The lowest BCUT2D eigenvalue weighted by molar-refractivity contribution is 0.156. The largest absolute Gasteiger partial charge is 0.390 e. The summed E-state index contributed by atoms with van der Waals surface area (Å²) in [5.41, 5.74) is 8.49. The van der Waals surface area contributed by atoms with Crippen LogP contribution in [0.4, 0.5) is 0 Å². The lowest BCUT2D eigenvalue weighted by Gasteiger charge is -2.05. The van der Waals surface area contributed by atoms with E-state index in [0.717, 1.165) is 17.7 Å². The Morgan fingerprint density at radius 3 is 2.67 bits per heavy atom. The van der Waals surface area contributed by atoms with Gasteiger partial charge in [-0.15, -0.1) is 5.10 Å². The van der Waals surface area contributed by atoms with Crippen molar-refractivity contribution in [3.8, 4) is 11.3 Å². The van der Waals surface area contributed by atoms with Crippen molar-refractivity contribution in [1.29, 1.82) is 0 Å². The van der Waals surface area contributed by atoms with Gasteiger partial charge in [-0.1, -0.05) is 36.4 Å². The highest BCUT2D eigenvalue weighted by molar-refractivity contribution is 5.57. The standard InChI is InChI=1S/C13H18N4O/c1-2-10-3-5-11(6-4-10)13-9-17(16-15-13)8-12(18)7-14/h3-6,9,12,18H,2,7-8,14H2,1H3/t12-/m0/s1. The van der Waals surface area contributed by atoms with E-state index < -0.39 is 6.10 Å². The van der Waals surface area contributed by atoms with Crippen molar-refractivity contribution in [2.75, 3.05) is 6.54 Å². The van der Waals surface area contributed by atoms with Gasteiger partial charge in [-0.05, 0) is 12.0 Å². The quantitative estimate of drug-likeness (QED) is 0.819. The van der Waals surface area contributed by atoms with E-state index in [1.54, 1.807) is 4.68 Å². The number of nitrogens with two attached hydrogens (primary N) is 1. The molecule has 2 aromatic rings. The maximum Gasteiger partial charge on any atom is 0.113 e. The number of nitrogens with zero attached hydrogens (tertiary/aromatic N) is 3. The molecule has 0 aliphatic carbocycles. The lowest BCUT2D eigenvalue weighted by Crippen LogP contribution is -2.25. The maximum absolute atomic E-state index is 9.45. The van der Waals surface area contributed by atoms with Crippen molar-refractivity contribution < 1.29 is 5.11 Å². The number of aliphatic hydroxyl groups is 1. The first-order chi connectivity index (χ1) is 8.72. The third kappa shape index (κ3) is 2.94. The van der Waals surface area contributed by atoms with E-state index in [1.807, 2.05) is 18.3 Å². The molecule has 2 rings (SSSR count). The molecular formula is C13H18N4O. The summed E-state index contributed by atoms with van der Waals surface area (Å²) < 4.78 is 1.61. The number of hydrogen-bond donors (Lipinski definition) is 2. The zero-order valence-corrected chi connectivity index (χ0v) is 10.5. The van der Waals surface area contributed by atoms with Crippen molar-refractivity contribution in [3.63, 3.8) is 0 Å². The van der Waals surface area contributed by atoms with Crippen LogP contribution in [0.25, 0.3) is 11.3 Å². The van der Waals surface area contributed by atoms with Gasteiger partial charge in [0.25, 0.3) is 0 Å². The Balaban J connectivity index is 2.13. The normalized spacial score (nSPS) is 12.6. The number of aromatic nitrogens is 3. The Hall–Kier alpha value is -1.72. The van der Waals surface area contributed by atoms with Gasteiger partial charge in [0.2, 0.25) is 0 Å². The first kappa shape index (κ1) is 12.7. The van der Waals surface area contributed by atoms with Crippen molar-refractivity contribution in [2.24, 2.45) is 5.73 Å². The molecule has 1 atom stereocenters. The third-order valence-electron chi connectivity index (χ3n) is 2.87. The fourth-order valence-corrected chi connectivity index (χ4v) is 1.72. The Morgan fingerprint density at radius 2 is 2.06 bits per heavy atom. The molecule has 0 saturated carbocycles. The Labute approximate surface area is 106 Å². The van der Waals surface area contributed by atoms with Crippen LogP contribution in [0.1, 0.15) is 12.5 Å². The zero-order chi connectivity index (χ0) is 13.0. The molecule has 0 saturated heterocycles. The van der Waals surface area contributed by atoms with Crippen LogP contribution >= 0.6 is 0 Å². The monoisotopic (exact) mass is 246 g/mol. The van der Waals surface area contributed by atoms with Crippen LogP contribution in [0, 0.1) is 0 Å². The third-order valence-corrected chi connectivity index (χ3v) is 2.87. The molecule has 0 radical (unpaired) electrons. The molecule has 5 heteroatoms. The van der Waals surface area contributed by atoms with Gasteiger partial charge in [0.1, 0.15) is 5.69 Å². The van der Waals surface area contributed by atoms with Gasteiger partial charge in [-0.3, -0.25) is 0 Å². The molecule has 0 spiro atoms. The molecule has 5 nitrogen and oxygen atoms in total. The Bertz CT molecular complexity index is 492. The van der Waals surface area contributed by atoms with Gasteiger partial charge in [-0.2, -0.15) is 0 Å². The lowest BCUT2D eigenvalue weighted by atomic mass is 10.1. The highest BCUT2D eigenvalue weighted by atomic mass is 16.3. The van der Waals surface area contributed by atoms with Crippen molar-refractivity contribution in [1.82, 2.24) is 15.0 Å². The number of aliphatic hydroxyl groups excluding tert-OH is 1. The van der Waals surface area contributed by atoms with Crippen LogP contribution in [0.3, 0.4) is 0 Å². The van der Waals surface area contributed by atoms with E-state index in [0.29, 0.717) is 6.54 Å². The summed E-state index contributed by atoms with van der Waals surface area (Å²) in [6.45, 7) is 2.72. The van der Waals surface area contributed by atoms with Crippen LogP contribution in [0.5, 0.6) is 0 Å². The van der Waals surface area contributed by atoms with Crippen LogP contribution in [0.2, 0.25) is 0 Å². The van der Waals surface area contributed by atoms with Crippen LogP contribution in [-0.2, 0) is 13.0 Å². The SMILES string of the molecule is CCc1ccc(-c2cn(C[C@@H](O)CN)nn2)cc1. The number of hydrogen-bond acceptors (Lipinski definition) is 4. The van der Waals surface area contributed by atoms with Crippen molar-refractivity contribution in [2.45, 2.75) is 26.0 Å². The van der Waals surface area contributed by atoms with Gasteiger partial charge < -0.3 is 10.8 Å². The molecule has 0 unspecified atom stereocenters. The minimum absolute atomic E-state index is 0.223. The van der Waals surface area contributed by atoms with E-state index in [1.165, 1.54) is 5.56 Å². The predicted octanol–water partition coefficient (Wildman–Crippen LogP) is 0.827. The second-order valence-electron chi connectivity index (χ2n) is 4.27. The first-order valence-electron chi connectivity index (χ1n) is 6.10. The van der Waals surface area contributed by atoms with Gasteiger partial charge >= 0.3 is 0 Å². The van der Waals surface area contributed by atoms with E-state index in [4.69, 9.17) is 5.73 Å². The molecule has 0 amide bonds. The Kier molecular flexibility index (Phi) is 4.07. The molecular weight excluding hydrogens is 228 g/mol. The summed E-state index contributed by atoms with van der Waals surface area (Å²) >= 11 is 0. The van der Waals surface area contributed by atoms with Crippen LogP contribution in [0.15, 0.2) is 30.5 Å². The molecule has 96 valence electrons. The molecule has 18 heavy (non-hydrogen) atoms. The number of aryl methyl sites for hydroxylation is 1. The number of rotatable bonds is 5. The average molecular weight is 246 g/mol.